The van der Waals surface area contributed by atoms with Crippen LogP contribution in [-0.2, 0) is 4.79 Å². The minimum absolute atomic E-state index is 0.0162. The van der Waals surface area contributed by atoms with Crippen LogP contribution in [0, 0.1) is 0 Å². The van der Waals surface area contributed by atoms with Crippen LogP contribution in [0.25, 0.3) is 0 Å². The first-order valence-electron chi connectivity index (χ1n) is 5.61. The molecular formula is C12H15ClN2O2. The highest BCUT2D eigenvalue weighted by Crippen LogP contribution is 2.26. The standard InChI is InChI=1S/C12H15ClN2O2/c13-10-3-1-2-4-11(10)15-6-5-14-9(8-15)7-12(16)17/h1-4,9,14H,5-8H2,(H,16,17). The second-order valence-electron chi connectivity index (χ2n) is 4.15. The minimum Gasteiger partial charge on any atom is -0.481 e. The molecule has 1 aromatic carbocycles. The Morgan fingerprint density at radius 2 is 2.29 bits per heavy atom. The first kappa shape index (κ1) is 12.2. The van der Waals surface area contributed by atoms with Gasteiger partial charge in [-0.2, -0.15) is 0 Å². The molecule has 1 aliphatic heterocycles. The third kappa shape index (κ3) is 3.11. The van der Waals surface area contributed by atoms with Crippen molar-refractivity contribution < 1.29 is 9.90 Å². The zero-order valence-corrected chi connectivity index (χ0v) is 10.2. The van der Waals surface area contributed by atoms with Crippen molar-refractivity contribution in [1.82, 2.24) is 5.32 Å². The van der Waals surface area contributed by atoms with Gasteiger partial charge in [-0.05, 0) is 12.1 Å². The van der Waals surface area contributed by atoms with Crippen LogP contribution < -0.4 is 10.2 Å². The van der Waals surface area contributed by atoms with Gasteiger partial charge in [0, 0.05) is 25.7 Å². The van der Waals surface area contributed by atoms with Crippen molar-refractivity contribution in [3.63, 3.8) is 0 Å². The van der Waals surface area contributed by atoms with E-state index in [9.17, 15) is 4.79 Å². The SMILES string of the molecule is O=C(O)CC1CN(c2ccccc2Cl)CCN1. The number of benzene rings is 1. The Bertz CT molecular complexity index is 411. The van der Waals surface area contributed by atoms with Crippen molar-refractivity contribution in [3.8, 4) is 0 Å². The Labute approximate surface area is 105 Å². The number of rotatable bonds is 3. The molecular weight excluding hydrogens is 240 g/mol. The van der Waals surface area contributed by atoms with Gasteiger partial charge in [0.25, 0.3) is 0 Å². The summed E-state index contributed by atoms with van der Waals surface area (Å²) in [6.45, 7) is 2.30. The van der Waals surface area contributed by atoms with Gasteiger partial charge in [0.05, 0.1) is 17.1 Å². The van der Waals surface area contributed by atoms with E-state index in [4.69, 9.17) is 16.7 Å². The van der Waals surface area contributed by atoms with Crippen LogP contribution in [0.5, 0.6) is 0 Å². The molecule has 0 aromatic heterocycles. The zero-order valence-electron chi connectivity index (χ0n) is 9.40. The van der Waals surface area contributed by atoms with E-state index >= 15 is 0 Å². The van der Waals surface area contributed by atoms with Crippen LogP contribution in [0.15, 0.2) is 24.3 Å². The lowest BCUT2D eigenvalue weighted by Gasteiger charge is -2.35. The summed E-state index contributed by atoms with van der Waals surface area (Å²) in [5.74, 6) is -0.775. The largest absolute Gasteiger partial charge is 0.481 e. The Hall–Kier alpha value is -1.26. The van der Waals surface area contributed by atoms with Crippen LogP contribution in [0.2, 0.25) is 5.02 Å². The quantitative estimate of drug-likeness (QED) is 0.860. The number of carboxylic acids is 1. The number of carbonyl (C=O) groups is 1. The van der Waals surface area contributed by atoms with Crippen LogP contribution in [0.1, 0.15) is 6.42 Å². The average Bonchev–Trinajstić information content (AvgIpc) is 2.29. The maximum absolute atomic E-state index is 10.7. The van der Waals surface area contributed by atoms with E-state index in [2.05, 4.69) is 10.2 Å². The number of aliphatic carboxylic acids is 1. The molecule has 17 heavy (non-hydrogen) atoms. The van der Waals surface area contributed by atoms with E-state index in [1.54, 1.807) is 0 Å². The molecule has 0 bridgehead atoms. The molecule has 1 fully saturated rings. The molecule has 0 saturated carbocycles. The van der Waals surface area contributed by atoms with Gasteiger partial charge in [0.2, 0.25) is 0 Å². The van der Waals surface area contributed by atoms with Crippen LogP contribution in [0.3, 0.4) is 0 Å². The fourth-order valence-electron chi connectivity index (χ4n) is 2.10. The highest BCUT2D eigenvalue weighted by Gasteiger charge is 2.22. The Morgan fingerprint density at radius 3 is 3.00 bits per heavy atom. The number of piperazine rings is 1. The van der Waals surface area contributed by atoms with Gasteiger partial charge in [0.15, 0.2) is 0 Å². The predicted octanol–water partition coefficient (Wildman–Crippen LogP) is 1.59. The predicted molar refractivity (Wildman–Crippen MR) is 67.7 cm³/mol. The molecule has 4 nitrogen and oxygen atoms in total. The average molecular weight is 255 g/mol. The van der Waals surface area contributed by atoms with E-state index in [-0.39, 0.29) is 12.5 Å². The third-order valence-corrected chi connectivity index (χ3v) is 3.19. The maximum Gasteiger partial charge on any atom is 0.304 e. The summed E-state index contributed by atoms with van der Waals surface area (Å²) in [6, 6.07) is 7.63. The fraction of sp³-hybridized carbons (Fsp3) is 0.417. The molecule has 1 atom stereocenters. The molecule has 0 aliphatic carbocycles. The van der Waals surface area contributed by atoms with Gasteiger partial charge < -0.3 is 15.3 Å². The molecule has 1 saturated heterocycles. The topological polar surface area (TPSA) is 52.6 Å². The van der Waals surface area contributed by atoms with Crippen molar-refractivity contribution in [2.45, 2.75) is 12.5 Å². The van der Waals surface area contributed by atoms with Gasteiger partial charge in [-0.25, -0.2) is 0 Å². The summed E-state index contributed by atoms with van der Waals surface area (Å²) < 4.78 is 0. The number of nitrogens with one attached hydrogen (secondary N) is 1. The molecule has 2 N–H and O–H groups in total. The summed E-state index contributed by atoms with van der Waals surface area (Å²) in [5, 5.41) is 12.7. The summed E-state index contributed by atoms with van der Waals surface area (Å²) in [7, 11) is 0. The van der Waals surface area contributed by atoms with Crippen molar-refractivity contribution in [1.29, 1.82) is 0 Å². The molecule has 5 heteroatoms. The number of hydrogen-bond acceptors (Lipinski definition) is 3. The zero-order chi connectivity index (χ0) is 12.3. The molecule has 1 aromatic rings. The molecule has 2 rings (SSSR count). The minimum atomic E-state index is -0.775. The van der Waals surface area contributed by atoms with Gasteiger partial charge in [-0.3, -0.25) is 4.79 Å². The second kappa shape index (κ2) is 5.38. The molecule has 1 aliphatic rings. The van der Waals surface area contributed by atoms with Crippen molar-refractivity contribution in [2.24, 2.45) is 0 Å². The number of nitrogens with zero attached hydrogens (tertiary/aromatic N) is 1. The number of carboxylic acid groups (broad SMARTS) is 1. The summed E-state index contributed by atoms with van der Waals surface area (Å²) in [4.78, 5) is 12.8. The first-order valence-corrected chi connectivity index (χ1v) is 5.99. The van der Waals surface area contributed by atoms with Crippen molar-refractivity contribution in [3.05, 3.63) is 29.3 Å². The molecule has 0 radical (unpaired) electrons. The van der Waals surface area contributed by atoms with Crippen molar-refractivity contribution in [2.75, 3.05) is 24.5 Å². The first-order chi connectivity index (χ1) is 8.16. The highest BCUT2D eigenvalue weighted by atomic mass is 35.5. The van der Waals surface area contributed by atoms with E-state index in [1.807, 2.05) is 24.3 Å². The number of halogens is 1. The fourth-order valence-corrected chi connectivity index (χ4v) is 2.36. The lowest BCUT2D eigenvalue weighted by atomic mass is 10.1. The highest BCUT2D eigenvalue weighted by molar-refractivity contribution is 6.33. The smallest absolute Gasteiger partial charge is 0.304 e. The molecule has 0 spiro atoms. The van der Waals surface area contributed by atoms with Crippen LogP contribution >= 0.6 is 11.6 Å². The van der Waals surface area contributed by atoms with Gasteiger partial charge in [-0.15, -0.1) is 0 Å². The lowest BCUT2D eigenvalue weighted by molar-refractivity contribution is -0.137. The molecule has 92 valence electrons. The summed E-state index contributed by atoms with van der Waals surface area (Å²) in [6.07, 6.45) is 0.140. The van der Waals surface area contributed by atoms with Crippen LogP contribution in [0.4, 0.5) is 5.69 Å². The van der Waals surface area contributed by atoms with E-state index in [0.29, 0.717) is 11.6 Å². The Morgan fingerprint density at radius 1 is 1.53 bits per heavy atom. The lowest BCUT2D eigenvalue weighted by Crippen LogP contribution is -2.51. The molecule has 1 unspecified atom stereocenters. The van der Waals surface area contributed by atoms with Gasteiger partial charge >= 0.3 is 5.97 Å². The number of para-hydroxylation sites is 1. The molecule has 1 heterocycles. The molecule has 0 amide bonds. The Balaban J connectivity index is 2.07. The third-order valence-electron chi connectivity index (χ3n) is 2.87. The normalized spacial score (nSPS) is 20.3. The van der Waals surface area contributed by atoms with E-state index in [1.165, 1.54) is 0 Å². The van der Waals surface area contributed by atoms with E-state index < -0.39 is 5.97 Å². The van der Waals surface area contributed by atoms with Gasteiger partial charge in [-0.1, -0.05) is 23.7 Å². The Kier molecular flexibility index (Phi) is 3.86. The monoisotopic (exact) mass is 254 g/mol. The summed E-state index contributed by atoms with van der Waals surface area (Å²) >= 11 is 6.13. The second-order valence-corrected chi connectivity index (χ2v) is 4.55. The maximum atomic E-state index is 10.7. The van der Waals surface area contributed by atoms with Crippen LogP contribution in [-0.4, -0.2) is 36.8 Å². The van der Waals surface area contributed by atoms with Crippen molar-refractivity contribution >= 4 is 23.3 Å². The number of hydrogen-bond donors (Lipinski definition) is 2. The van der Waals surface area contributed by atoms with Gasteiger partial charge in [0.1, 0.15) is 0 Å². The number of anilines is 1. The van der Waals surface area contributed by atoms with E-state index in [0.717, 1.165) is 18.8 Å². The summed E-state index contributed by atoms with van der Waals surface area (Å²) in [5.41, 5.74) is 0.978.